The molecular weight excluding hydrogens is 348 g/mol. The molecule has 1 aromatic carbocycles. The summed E-state index contributed by atoms with van der Waals surface area (Å²) in [6, 6.07) is 3.89. The van der Waals surface area contributed by atoms with E-state index in [1.807, 2.05) is 20.8 Å². The second-order valence-electron chi connectivity index (χ2n) is 5.54. The summed E-state index contributed by atoms with van der Waals surface area (Å²) in [5, 5.41) is 4.98. The van der Waals surface area contributed by atoms with E-state index in [4.69, 9.17) is 16.2 Å². The molecule has 0 heterocycles. The van der Waals surface area contributed by atoms with Crippen LogP contribution in [0.1, 0.15) is 31.1 Å². The van der Waals surface area contributed by atoms with Gasteiger partial charge in [0.05, 0.1) is 30.4 Å². The minimum absolute atomic E-state index is 0. The summed E-state index contributed by atoms with van der Waals surface area (Å²) >= 11 is 0. The Kier molecular flexibility index (Phi) is 9.55. The van der Waals surface area contributed by atoms with Crippen molar-refractivity contribution in [3.8, 4) is 5.75 Å². The van der Waals surface area contributed by atoms with Crippen molar-refractivity contribution in [2.45, 2.75) is 26.8 Å². The third kappa shape index (κ3) is 6.98. The molecule has 140 valence electrons. The number of halogens is 1. The fraction of sp³-hybridized carbons (Fsp3) is 0.438. The lowest BCUT2D eigenvalue weighted by Gasteiger charge is -2.15. The summed E-state index contributed by atoms with van der Waals surface area (Å²) in [5.41, 5.74) is 11.4. The highest BCUT2D eigenvalue weighted by Crippen LogP contribution is 2.22. The maximum atomic E-state index is 11.9. The summed E-state index contributed by atoms with van der Waals surface area (Å²) < 4.78 is 5.29. The number of carbonyl (C=O) groups is 3. The first-order chi connectivity index (χ1) is 11.3. The summed E-state index contributed by atoms with van der Waals surface area (Å²) in [4.78, 5) is 35.2. The first-order valence-corrected chi connectivity index (χ1v) is 7.66. The molecule has 3 amide bonds. The first-order valence-electron chi connectivity index (χ1n) is 7.66. The lowest BCUT2D eigenvalue weighted by atomic mass is 10.1. The maximum Gasteiger partial charge on any atom is 0.250 e. The quantitative estimate of drug-likeness (QED) is 0.530. The van der Waals surface area contributed by atoms with Crippen LogP contribution in [0.15, 0.2) is 18.2 Å². The topological polar surface area (TPSA) is 137 Å². The Labute approximate surface area is 153 Å². The Morgan fingerprint density at radius 1 is 1.24 bits per heavy atom. The number of primary amides is 1. The van der Waals surface area contributed by atoms with Gasteiger partial charge < -0.3 is 26.8 Å². The van der Waals surface area contributed by atoms with Gasteiger partial charge in [0.15, 0.2) is 0 Å². The molecule has 0 aliphatic rings. The third-order valence-corrected chi connectivity index (χ3v) is 3.29. The number of hydrogen-bond acceptors (Lipinski definition) is 5. The van der Waals surface area contributed by atoms with Crippen LogP contribution in [0.25, 0.3) is 0 Å². The smallest absolute Gasteiger partial charge is 0.250 e. The second kappa shape index (κ2) is 10.5. The number of carbonyl (C=O) groups excluding carboxylic acids is 3. The Hall–Kier alpha value is -2.32. The number of anilines is 1. The summed E-state index contributed by atoms with van der Waals surface area (Å²) in [6.07, 6.45) is 0. The van der Waals surface area contributed by atoms with Crippen LogP contribution in [-0.2, 0) is 9.59 Å². The maximum absolute atomic E-state index is 11.9. The lowest BCUT2D eigenvalue weighted by molar-refractivity contribution is -0.125. The van der Waals surface area contributed by atoms with Crippen LogP contribution in [0, 0.1) is 5.92 Å². The van der Waals surface area contributed by atoms with Gasteiger partial charge in [-0.2, -0.15) is 0 Å². The van der Waals surface area contributed by atoms with Crippen LogP contribution in [0.5, 0.6) is 5.75 Å². The van der Waals surface area contributed by atoms with Gasteiger partial charge in [0.1, 0.15) is 5.75 Å². The van der Waals surface area contributed by atoms with E-state index in [0.29, 0.717) is 12.4 Å². The van der Waals surface area contributed by atoms with Gasteiger partial charge in [-0.3, -0.25) is 14.4 Å². The lowest BCUT2D eigenvalue weighted by Crippen LogP contribution is -2.46. The third-order valence-electron chi connectivity index (χ3n) is 3.29. The van der Waals surface area contributed by atoms with Gasteiger partial charge in [0, 0.05) is 0 Å². The van der Waals surface area contributed by atoms with Crippen molar-refractivity contribution in [2.75, 3.05) is 18.5 Å². The number of nitrogens with one attached hydrogen (secondary N) is 2. The zero-order valence-electron chi connectivity index (χ0n) is 14.5. The molecule has 0 spiro atoms. The number of amides is 3. The minimum Gasteiger partial charge on any atom is -0.494 e. The standard InChI is InChI=1S/C16H24N4O4.ClH/c1-4-24-10-5-6-12(11(7-10)15(18)22)20-13(21)8-19-16(23)14(17)9(2)3;/h5-7,9,14H,4,8,17H2,1-3H3,(H2,18,22)(H,19,23)(H,20,21);1H/t14-;/m0./s1. The zero-order chi connectivity index (χ0) is 18.3. The van der Waals surface area contributed by atoms with Crippen LogP contribution in [0.2, 0.25) is 0 Å². The molecule has 1 aromatic rings. The zero-order valence-corrected chi connectivity index (χ0v) is 15.3. The van der Waals surface area contributed by atoms with Crippen molar-refractivity contribution >= 4 is 35.8 Å². The minimum atomic E-state index is -0.697. The van der Waals surface area contributed by atoms with Gasteiger partial charge in [-0.05, 0) is 31.0 Å². The highest BCUT2D eigenvalue weighted by molar-refractivity contribution is 6.04. The van der Waals surface area contributed by atoms with E-state index < -0.39 is 23.8 Å². The summed E-state index contributed by atoms with van der Waals surface area (Å²) in [6.45, 7) is 5.60. The van der Waals surface area contributed by atoms with Gasteiger partial charge in [0.2, 0.25) is 11.8 Å². The van der Waals surface area contributed by atoms with Gasteiger partial charge >= 0.3 is 0 Å². The van der Waals surface area contributed by atoms with Crippen molar-refractivity contribution in [3.63, 3.8) is 0 Å². The molecule has 9 heteroatoms. The van der Waals surface area contributed by atoms with Crippen molar-refractivity contribution in [3.05, 3.63) is 23.8 Å². The van der Waals surface area contributed by atoms with E-state index >= 15 is 0 Å². The van der Waals surface area contributed by atoms with E-state index in [-0.39, 0.29) is 36.1 Å². The largest absolute Gasteiger partial charge is 0.494 e. The molecule has 0 unspecified atom stereocenters. The average Bonchev–Trinajstić information content (AvgIpc) is 2.53. The molecule has 8 nitrogen and oxygen atoms in total. The molecule has 0 saturated heterocycles. The molecule has 0 aliphatic heterocycles. The Balaban J connectivity index is 0.00000576. The number of nitrogens with two attached hydrogens (primary N) is 2. The molecule has 25 heavy (non-hydrogen) atoms. The number of ether oxygens (including phenoxy) is 1. The van der Waals surface area contributed by atoms with Crippen LogP contribution in [-0.4, -0.2) is 36.9 Å². The van der Waals surface area contributed by atoms with E-state index in [9.17, 15) is 14.4 Å². The number of rotatable bonds is 8. The van der Waals surface area contributed by atoms with Crippen molar-refractivity contribution in [2.24, 2.45) is 17.4 Å². The molecule has 0 aromatic heterocycles. The highest BCUT2D eigenvalue weighted by Gasteiger charge is 2.18. The molecule has 0 aliphatic carbocycles. The molecular formula is C16H25ClN4O4. The van der Waals surface area contributed by atoms with E-state index in [1.165, 1.54) is 12.1 Å². The molecule has 0 bridgehead atoms. The van der Waals surface area contributed by atoms with Crippen molar-refractivity contribution in [1.82, 2.24) is 5.32 Å². The molecule has 0 fully saturated rings. The molecule has 0 radical (unpaired) electrons. The fourth-order valence-electron chi connectivity index (χ4n) is 1.88. The van der Waals surface area contributed by atoms with Crippen LogP contribution < -0.4 is 26.8 Å². The monoisotopic (exact) mass is 372 g/mol. The second-order valence-corrected chi connectivity index (χ2v) is 5.54. The molecule has 0 saturated carbocycles. The molecule has 1 atom stereocenters. The Bertz CT molecular complexity index is 622. The fourth-order valence-corrected chi connectivity index (χ4v) is 1.88. The van der Waals surface area contributed by atoms with Crippen LogP contribution >= 0.6 is 12.4 Å². The first kappa shape index (κ1) is 22.7. The average molecular weight is 373 g/mol. The van der Waals surface area contributed by atoms with Crippen LogP contribution in [0.4, 0.5) is 5.69 Å². The predicted molar refractivity (Wildman–Crippen MR) is 97.8 cm³/mol. The summed E-state index contributed by atoms with van der Waals surface area (Å²) in [7, 11) is 0. The van der Waals surface area contributed by atoms with E-state index in [1.54, 1.807) is 6.07 Å². The van der Waals surface area contributed by atoms with Gasteiger partial charge in [-0.1, -0.05) is 13.8 Å². The van der Waals surface area contributed by atoms with Crippen molar-refractivity contribution < 1.29 is 19.1 Å². The van der Waals surface area contributed by atoms with E-state index in [0.717, 1.165) is 0 Å². The van der Waals surface area contributed by atoms with Gasteiger partial charge in [-0.25, -0.2) is 0 Å². The molecule has 6 N–H and O–H groups in total. The number of benzene rings is 1. The predicted octanol–water partition coefficient (Wildman–Crippen LogP) is 0.644. The van der Waals surface area contributed by atoms with Crippen LogP contribution in [0.3, 0.4) is 0 Å². The Morgan fingerprint density at radius 3 is 2.40 bits per heavy atom. The summed E-state index contributed by atoms with van der Waals surface area (Å²) in [5.74, 6) is -1.17. The molecule has 1 rings (SSSR count). The van der Waals surface area contributed by atoms with Gasteiger partial charge in [0.25, 0.3) is 5.91 Å². The SMILES string of the molecule is CCOc1ccc(NC(=O)CNC(=O)[C@@H](N)C(C)C)c(C(N)=O)c1.Cl. The van der Waals surface area contributed by atoms with E-state index in [2.05, 4.69) is 10.6 Å². The normalized spacial score (nSPS) is 11.2. The van der Waals surface area contributed by atoms with Gasteiger partial charge in [-0.15, -0.1) is 12.4 Å². The van der Waals surface area contributed by atoms with Crippen molar-refractivity contribution in [1.29, 1.82) is 0 Å². The Morgan fingerprint density at radius 2 is 1.88 bits per heavy atom. The highest BCUT2D eigenvalue weighted by atomic mass is 35.5. The number of hydrogen-bond donors (Lipinski definition) is 4.